The fraction of sp³-hybridized carbons (Fsp3) is 0.188. The van der Waals surface area contributed by atoms with Gasteiger partial charge in [-0.2, -0.15) is 3.97 Å². The molecular formula is C16H15ClN2O3S. The maximum absolute atomic E-state index is 12.6. The molecule has 0 bridgehead atoms. The first-order valence-corrected chi connectivity index (χ1v) is 9.04. The van der Waals surface area contributed by atoms with Gasteiger partial charge in [-0.25, -0.2) is 13.2 Å². The standard InChI is InChI=1S/C16H15ClN2O3S/c1-11-2-4-12(5-3-11)8-9-23(21,22)19-15-10-13(17)6-7-14(15)18-16(19)20/h2-7,10H,8-9H2,1H3,(H,18,20). The summed E-state index contributed by atoms with van der Waals surface area (Å²) < 4.78 is 26.0. The SMILES string of the molecule is Cc1ccc(CCS(=O)(=O)n2c(=O)[nH]c3ccc(Cl)cc32)cc1. The van der Waals surface area contributed by atoms with Gasteiger partial charge in [0.1, 0.15) is 0 Å². The first kappa shape index (κ1) is 15.8. The van der Waals surface area contributed by atoms with E-state index in [-0.39, 0.29) is 11.3 Å². The van der Waals surface area contributed by atoms with E-state index in [9.17, 15) is 13.2 Å². The topological polar surface area (TPSA) is 71.9 Å². The molecule has 120 valence electrons. The Kier molecular flexibility index (Phi) is 4.04. The number of aryl methyl sites for hydroxylation is 2. The van der Waals surface area contributed by atoms with Crippen molar-refractivity contribution in [3.8, 4) is 0 Å². The second-order valence-corrected chi connectivity index (χ2v) is 7.78. The minimum Gasteiger partial charge on any atom is -0.305 e. The molecule has 0 saturated heterocycles. The monoisotopic (exact) mass is 350 g/mol. The Morgan fingerprint density at radius 2 is 1.83 bits per heavy atom. The molecule has 0 unspecified atom stereocenters. The highest BCUT2D eigenvalue weighted by Gasteiger charge is 2.20. The second-order valence-electron chi connectivity index (χ2n) is 5.41. The molecular weight excluding hydrogens is 336 g/mol. The maximum Gasteiger partial charge on any atom is 0.340 e. The second kappa shape index (κ2) is 5.86. The number of imidazole rings is 1. The van der Waals surface area contributed by atoms with Gasteiger partial charge in [0.2, 0.25) is 10.0 Å². The van der Waals surface area contributed by atoms with Crippen LogP contribution >= 0.6 is 11.6 Å². The fourth-order valence-corrected chi connectivity index (χ4v) is 4.01. The van der Waals surface area contributed by atoms with Crippen molar-refractivity contribution in [2.45, 2.75) is 13.3 Å². The number of H-pyrrole nitrogens is 1. The molecule has 5 nitrogen and oxygen atoms in total. The molecule has 0 atom stereocenters. The van der Waals surface area contributed by atoms with Gasteiger partial charge in [-0.3, -0.25) is 0 Å². The van der Waals surface area contributed by atoms with Crippen molar-refractivity contribution in [3.63, 3.8) is 0 Å². The van der Waals surface area contributed by atoms with Crippen LogP contribution in [0.25, 0.3) is 11.0 Å². The number of halogens is 1. The highest BCUT2D eigenvalue weighted by Crippen LogP contribution is 2.18. The van der Waals surface area contributed by atoms with E-state index >= 15 is 0 Å². The lowest BCUT2D eigenvalue weighted by molar-refractivity contribution is 0.586. The van der Waals surface area contributed by atoms with Crippen molar-refractivity contribution in [1.82, 2.24) is 8.96 Å². The van der Waals surface area contributed by atoms with Crippen molar-refractivity contribution in [2.24, 2.45) is 0 Å². The molecule has 0 aliphatic carbocycles. The fourth-order valence-electron chi connectivity index (χ4n) is 2.42. The Hall–Kier alpha value is -2.05. The molecule has 23 heavy (non-hydrogen) atoms. The highest BCUT2D eigenvalue weighted by atomic mass is 35.5. The summed E-state index contributed by atoms with van der Waals surface area (Å²) in [7, 11) is -3.79. The van der Waals surface area contributed by atoms with Crippen LogP contribution in [0.1, 0.15) is 11.1 Å². The van der Waals surface area contributed by atoms with Crippen LogP contribution < -0.4 is 5.69 Å². The van der Waals surface area contributed by atoms with Crippen LogP contribution in [-0.4, -0.2) is 23.1 Å². The van der Waals surface area contributed by atoms with Crippen molar-refractivity contribution in [1.29, 1.82) is 0 Å². The number of fused-ring (bicyclic) bond motifs is 1. The molecule has 1 N–H and O–H groups in total. The Morgan fingerprint density at radius 1 is 1.13 bits per heavy atom. The minimum atomic E-state index is -3.79. The molecule has 7 heteroatoms. The molecule has 2 aromatic carbocycles. The van der Waals surface area contributed by atoms with Gasteiger partial charge in [0.05, 0.1) is 16.8 Å². The van der Waals surface area contributed by atoms with Crippen LogP contribution in [0, 0.1) is 6.92 Å². The molecule has 0 amide bonds. The van der Waals surface area contributed by atoms with Gasteiger partial charge in [-0.15, -0.1) is 0 Å². The third-order valence-corrected chi connectivity index (χ3v) is 5.53. The molecule has 3 rings (SSSR count). The molecule has 1 heterocycles. The van der Waals surface area contributed by atoms with Gasteiger partial charge in [0.15, 0.2) is 0 Å². The molecule has 1 aromatic heterocycles. The van der Waals surface area contributed by atoms with Gasteiger partial charge in [-0.1, -0.05) is 41.4 Å². The predicted molar refractivity (Wildman–Crippen MR) is 91.6 cm³/mol. The molecule has 0 radical (unpaired) electrons. The molecule has 0 aliphatic heterocycles. The van der Waals surface area contributed by atoms with Gasteiger partial charge in [0.25, 0.3) is 0 Å². The molecule has 0 spiro atoms. The van der Waals surface area contributed by atoms with Crippen LogP contribution in [0.4, 0.5) is 0 Å². The van der Waals surface area contributed by atoms with Gasteiger partial charge < -0.3 is 4.98 Å². The van der Waals surface area contributed by atoms with Gasteiger partial charge >= 0.3 is 5.69 Å². The summed E-state index contributed by atoms with van der Waals surface area (Å²) in [6.45, 7) is 1.97. The average Bonchev–Trinajstić information content (AvgIpc) is 2.82. The summed E-state index contributed by atoms with van der Waals surface area (Å²) in [4.78, 5) is 14.6. The summed E-state index contributed by atoms with van der Waals surface area (Å²) >= 11 is 5.91. The van der Waals surface area contributed by atoms with Crippen LogP contribution in [-0.2, 0) is 16.4 Å². The van der Waals surface area contributed by atoms with E-state index < -0.39 is 15.7 Å². The van der Waals surface area contributed by atoms with E-state index in [1.54, 1.807) is 12.1 Å². The number of nitrogens with zero attached hydrogens (tertiary/aromatic N) is 1. The summed E-state index contributed by atoms with van der Waals surface area (Å²) in [6.07, 6.45) is 0.336. The summed E-state index contributed by atoms with van der Waals surface area (Å²) in [5.41, 5.74) is 2.06. The smallest absolute Gasteiger partial charge is 0.305 e. The Bertz CT molecular complexity index is 1020. The predicted octanol–water partition coefficient (Wildman–Crippen LogP) is 2.71. The average molecular weight is 351 g/mol. The summed E-state index contributed by atoms with van der Waals surface area (Å²) in [6, 6.07) is 12.3. The van der Waals surface area contributed by atoms with E-state index in [2.05, 4.69) is 4.98 Å². The van der Waals surface area contributed by atoms with Crippen LogP contribution in [0.2, 0.25) is 5.02 Å². The number of hydrogen-bond donors (Lipinski definition) is 1. The van der Waals surface area contributed by atoms with E-state index in [1.807, 2.05) is 31.2 Å². The Balaban J connectivity index is 1.96. The highest BCUT2D eigenvalue weighted by molar-refractivity contribution is 7.90. The van der Waals surface area contributed by atoms with E-state index in [0.717, 1.165) is 15.1 Å². The lowest BCUT2D eigenvalue weighted by atomic mass is 10.1. The van der Waals surface area contributed by atoms with Crippen LogP contribution in [0.3, 0.4) is 0 Å². The van der Waals surface area contributed by atoms with Crippen molar-refractivity contribution in [2.75, 3.05) is 5.75 Å². The lowest BCUT2D eigenvalue weighted by Gasteiger charge is -2.06. The third kappa shape index (κ3) is 3.18. The first-order valence-electron chi connectivity index (χ1n) is 7.06. The van der Waals surface area contributed by atoms with E-state index in [4.69, 9.17) is 11.6 Å². The van der Waals surface area contributed by atoms with Crippen molar-refractivity contribution in [3.05, 3.63) is 69.1 Å². The number of nitrogens with one attached hydrogen (secondary N) is 1. The van der Waals surface area contributed by atoms with Gasteiger partial charge in [-0.05, 0) is 37.1 Å². The number of aromatic nitrogens is 2. The van der Waals surface area contributed by atoms with Crippen molar-refractivity contribution < 1.29 is 8.42 Å². The summed E-state index contributed by atoms with van der Waals surface area (Å²) in [5, 5.41) is 0.374. The number of aromatic amines is 1. The molecule has 3 aromatic rings. The third-order valence-electron chi connectivity index (χ3n) is 3.65. The van der Waals surface area contributed by atoms with Crippen LogP contribution in [0.5, 0.6) is 0 Å². The minimum absolute atomic E-state index is 0.157. The van der Waals surface area contributed by atoms with E-state index in [0.29, 0.717) is 17.0 Å². The number of hydrogen-bond acceptors (Lipinski definition) is 3. The molecule has 0 fully saturated rings. The summed E-state index contributed by atoms with van der Waals surface area (Å²) in [5.74, 6) is -0.157. The number of benzene rings is 2. The zero-order chi connectivity index (χ0) is 16.6. The molecule has 0 aliphatic rings. The van der Waals surface area contributed by atoms with Crippen LogP contribution in [0.15, 0.2) is 47.3 Å². The normalized spacial score (nSPS) is 11.9. The van der Waals surface area contributed by atoms with Crippen molar-refractivity contribution >= 4 is 32.7 Å². The zero-order valence-electron chi connectivity index (χ0n) is 12.4. The quantitative estimate of drug-likeness (QED) is 0.786. The lowest BCUT2D eigenvalue weighted by Crippen LogP contribution is -2.28. The Morgan fingerprint density at radius 3 is 2.52 bits per heavy atom. The van der Waals surface area contributed by atoms with E-state index in [1.165, 1.54) is 6.07 Å². The van der Waals surface area contributed by atoms with Gasteiger partial charge in [0, 0.05) is 5.02 Å². The largest absolute Gasteiger partial charge is 0.340 e. The molecule has 0 saturated carbocycles. The Labute approximate surface area is 138 Å². The number of rotatable bonds is 4. The first-order chi connectivity index (χ1) is 10.9. The maximum atomic E-state index is 12.6. The zero-order valence-corrected chi connectivity index (χ0v) is 14.0.